The van der Waals surface area contributed by atoms with E-state index in [1.54, 1.807) is 11.3 Å². The fourth-order valence-electron chi connectivity index (χ4n) is 1.90. The van der Waals surface area contributed by atoms with E-state index in [2.05, 4.69) is 46.8 Å². The lowest BCUT2D eigenvalue weighted by Crippen LogP contribution is -1.87. The predicted octanol–water partition coefficient (Wildman–Crippen LogP) is 4.27. The van der Waals surface area contributed by atoms with Crippen LogP contribution in [0.15, 0.2) is 47.8 Å². The highest BCUT2D eigenvalue weighted by atomic mass is 32.1. The van der Waals surface area contributed by atoms with E-state index in [4.69, 9.17) is 0 Å². The number of aryl methyl sites for hydroxylation is 1. The molecule has 0 radical (unpaired) electrons. The van der Waals surface area contributed by atoms with Crippen molar-refractivity contribution in [1.29, 1.82) is 0 Å². The van der Waals surface area contributed by atoms with Crippen LogP contribution < -0.4 is 0 Å². The molecule has 0 unspecified atom stereocenters. The van der Waals surface area contributed by atoms with Gasteiger partial charge in [-0.15, -0.1) is 11.3 Å². The van der Waals surface area contributed by atoms with E-state index in [9.17, 15) is 0 Å². The van der Waals surface area contributed by atoms with Crippen molar-refractivity contribution >= 4 is 21.4 Å². The number of nitrogens with zero attached hydrogens (tertiary/aromatic N) is 1. The molecule has 0 saturated heterocycles. The standard InChI is InChI=1S/C14H11NS/c1-10-9-13-12(7-8-16-13)14(15-10)11-5-3-2-4-6-11/h2-9H,1H3. The number of hydrogen-bond acceptors (Lipinski definition) is 2. The molecule has 1 aromatic carbocycles. The molecule has 0 N–H and O–H groups in total. The number of benzene rings is 1. The van der Waals surface area contributed by atoms with E-state index in [0.29, 0.717) is 0 Å². The van der Waals surface area contributed by atoms with Crippen LogP contribution in [0.3, 0.4) is 0 Å². The van der Waals surface area contributed by atoms with Crippen LogP contribution in [0.4, 0.5) is 0 Å². The van der Waals surface area contributed by atoms with Gasteiger partial charge in [-0.05, 0) is 24.4 Å². The van der Waals surface area contributed by atoms with Crippen LogP contribution in [-0.4, -0.2) is 4.98 Å². The van der Waals surface area contributed by atoms with Gasteiger partial charge in [0.05, 0.1) is 5.69 Å². The van der Waals surface area contributed by atoms with Gasteiger partial charge in [0, 0.05) is 21.3 Å². The van der Waals surface area contributed by atoms with Gasteiger partial charge in [-0.1, -0.05) is 30.3 Å². The maximum absolute atomic E-state index is 4.65. The molecule has 0 aliphatic carbocycles. The minimum Gasteiger partial charge on any atom is -0.252 e. The molecule has 0 bridgehead atoms. The summed E-state index contributed by atoms with van der Waals surface area (Å²) in [5.74, 6) is 0. The van der Waals surface area contributed by atoms with Crippen molar-refractivity contribution in [3.05, 3.63) is 53.5 Å². The summed E-state index contributed by atoms with van der Waals surface area (Å²) in [6, 6.07) is 14.7. The first-order valence-corrected chi connectivity index (χ1v) is 6.13. The molecular formula is C14H11NS. The third-order valence-corrected chi connectivity index (χ3v) is 3.49. The van der Waals surface area contributed by atoms with E-state index in [1.165, 1.54) is 15.6 Å². The van der Waals surface area contributed by atoms with E-state index in [-0.39, 0.29) is 0 Å². The second-order valence-corrected chi connectivity index (χ2v) is 4.76. The first kappa shape index (κ1) is 9.55. The molecule has 0 fully saturated rings. The molecule has 78 valence electrons. The summed E-state index contributed by atoms with van der Waals surface area (Å²) in [5.41, 5.74) is 3.36. The number of thiophene rings is 1. The summed E-state index contributed by atoms with van der Waals surface area (Å²) >= 11 is 1.77. The van der Waals surface area contributed by atoms with Crippen LogP contribution in [0, 0.1) is 6.92 Å². The van der Waals surface area contributed by atoms with Gasteiger partial charge in [0.2, 0.25) is 0 Å². The lowest BCUT2D eigenvalue weighted by Gasteiger charge is -2.04. The number of aromatic nitrogens is 1. The molecule has 3 aromatic rings. The third-order valence-electron chi connectivity index (χ3n) is 2.63. The fourth-order valence-corrected chi connectivity index (χ4v) is 2.78. The van der Waals surface area contributed by atoms with Crippen LogP contribution in [0.5, 0.6) is 0 Å². The molecule has 16 heavy (non-hydrogen) atoms. The van der Waals surface area contributed by atoms with Gasteiger partial charge in [0.1, 0.15) is 0 Å². The molecule has 0 amide bonds. The highest BCUT2D eigenvalue weighted by Crippen LogP contribution is 2.30. The molecule has 2 heterocycles. The largest absolute Gasteiger partial charge is 0.252 e. The Kier molecular flexibility index (Phi) is 2.22. The van der Waals surface area contributed by atoms with Crippen molar-refractivity contribution < 1.29 is 0 Å². The zero-order valence-electron chi connectivity index (χ0n) is 8.97. The summed E-state index contributed by atoms with van der Waals surface area (Å²) in [6.07, 6.45) is 0. The molecule has 0 aliphatic rings. The van der Waals surface area contributed by atoms with Crippen LogP contribution in [0.2, 0.25) is 0 Å². The van der Waals surface area contributed by atoms with Gasteiger partial charge in [-0.2, -0.15) is 0 Å². The Morgan fingerprint density at radius 1 is 1.06 bits per heavy atom. The first-order valence-electron chi connectivity index (χ1n) is 5.25. The minimum absolute atomic E-state index is 1.08. The van der Waals surface area contributed by atoms with Crippen molar-refractivity contribution in [1.82, 2.24) is 4.98 Å². The highest BCUT2D eigenvalue weighted by Gasteiger charge is 2.06. The molecule has 2 heteroatoms. The monoisotopic (exact) mass is 225 g/mol. The topological polar surface area (TPSA) is 12.9 Å². The normalized spacial score (nSPS) is 10.8. The van der Waals surface area contributed by atoms with Crippen LogP contribution in [-0.2, 0) is 0 Å². The van der Waals surface area contributed by atoms with E-state index in [1.807, 2.05) is 13.0 Å². The van der Waals surface area contributed by atoms with Crippen molar-refractivity contribution in [2.75, 3.05) is 0 Å². The summed E-state index contributed by atoms with van der Waals surface area (Å²) in [4.78, 5) is 4.65. The van der Waals surface area contributed by atoms with Crippen molar-refractivity contribution in [3.8, 4) is 11.3 Å². The summed E-state index contributed by atoms with van der Waals surface area (Å²) in [6.45, 7) is 2.05. The average Bonchev–Trinajstić information content (AvgIpc) is 2.77. The van der Waals surface area contributed by atoms with Crippen LogP contribution in [0.25, 0.3) is 21.3 Å². The zero-order chi connectivity index (χ0) is 11.0. The first-order chi connectivity index (χ1) is 7.84. The minimum atomic E-state index is 1.08. The maximum Gasteiger partial charge on any atom is 0.0791 e. The van der Waals surface area contributed by atoms with Crippen molar-refractivity contribution in [2.45, 2.75) is 6.92 Å². The summed E-state index contributed by atoms with van der Waals surface area (Å²) in [7, 11) is 0. The second kappa shape index (κ2) is 3.72. The van der Waals surface area contributed by atoms with Crippen molar-refractivity contribution in [3.63, 3.8) is 0 Å². The molecule has 1 nitrogen and oxygen atoms in total. The zero-order valence-corrected chi connectivity index (χ0v) is 9.79. The number of pyridine rings is 1. The third kappa shape index (κ3) is 1.51. The van der Waals surface area contributed by atoms with Gasteiger partial charge in [-0.3, -0.25) is 4.98 Å². The summed E-state index contributed by atoms with van der Waals surface area (Å²) < 4.78 is 1.31. The fraction of sp³-hybridized carbons (Fsp3) is 0.0714. The number of rotatable bonds is 1. The molecule has 2 aromatic heterocycles. The highest BCUT2D eigenvalue weighted by molar-refractivity contribution is 7.17. The van der Waals surface area contributed by atoms with Gasteiger partial charge in [-0.25, -0.2) is 0 Å². The number of fused-ring (bicyclic) bond motifs is 1. The Labute approximate surface area is 98.4 Å². The summed E-state index contributed by atoms with van der Waals surface area (Å²) in [5, 5.41) is 3.37. The lowest BCUT2D eigenvalue weighted by molar-refractivity contribution is 1.23. The van der Waals surface area contributed by atoms with Crippen LogP contribution >= 0.6 is 11.3 Å². The lowest BCUT2D eigenvalue weighted by atomic mass is 10.1. The Hall–Kier alpha value is -1.67. The van der Waals surface area contributed by atoms with E-state index >= 15 is 0 Å². The smallest absolute Gasteiger partial charge is 0.0791 e. The Bertz CT molecular complexity index is 626. The second-order valence-electron chi connectivity index (χ2n) is 3.81. The molecule has 0 aliphatic heterocycles. The van der Waals surface area contributed by atoms with E-state index < -0.39 is 0 Å². The number of hydrogen-bond donors (Lipinski definition) is 0. The molecule has 3 rings (SSSR count). The Balaban J connectivity index is 2.34. The van der Waals surface area contributed by atoms with Gasteiger partial charge < -0.3 is 0 Å². The predicted molar refractivity (Wildman–Crippen MR) is 69.8 cm³/mol. The van der Waals surface area contributed by atoms with Gasteiger partial charge in [0.15, 0.2) is 0 Å². The van der Waals surface area contributed by atoms with Gasteiger partial charge in [0.25, 0.3) is 0 Å². The average molecular weight is 225 g/mol. The Morgan fingerprint density at radius 2 is 1.88 bits per heavy atom. The molecule has 0 saturated carbocycles. The van der Waals surface area contributed by atoms with Crippen LogP contribution in [0.1, 0.15) is 5.69 Å². The maximum atomic E-state index is 4.65. The quantitative estimate of drug-likeness (QED) is 0.602. The van der Waals surface area contributed by atoms with Crippen molar-refractivity contribution in [2.24, 2.45) is 0 Å². The molecule has 0 atom stereocenters. The van der Waals surface area contributed by atoms with E-state index in [0.717, 1.165) is 11.4 Å². The Morgan fingerprint density at radius 3 is 2.69 bits per heavy atom. The SMILES string of the molecule is Cc1cc2sccc2c(-c2ccccc2)n1. The molecular weight excluding hydrogens is 214 g/mol. The molecule has 0 spiro atoms. The van der Waals surface area contributed by atoms with Gasteiger partial charge >= 0.3 is 0 Å².